The van der Waals surface area contributed by atoms with Gasteiger partial charge in [0.1, 0.15) is 0 Å². The number of Topliss-reactive ketones (excluding diaryl/α,β-unsaturated/α-hetero) is 1. The third-order valence-corrected chi connectivity index (χ3v) is 7.68. The number of amides is 1. The number of sulfonamides is 1. The standard InChI is InChI=1S/C22H23N3O6S/c1-4-25-16-6-5-7-18(26)19(16)20(22(28)29)17(25)11-14-13-10-12(32(30,31)24(2)3)8-9-15(13)23-21(14)27/h8-11H,4-7H2,1-3H3,(H,23,27)(H,28,29)/b14-11-. The number of hydrogen-bond acceptors (Lipinski definition) is 5. The van der Waals surface area contributed by atoms with Crippen molar-refractivity contribution in [3.63, 3.8) is 0 Å². The number of carbonyl (C=O) groups is 3. The Hall–Kier alpha value is -3.24. The van der Waals surface area contributed by atoms with Gasteiger partial charge in [-0.15, -0.1) is 0 Å². The van der Waals surface area contributed by atoms with E-state index in [4.69, 9.17) is 0 Å². The summed E-state index contributed by atoms with van der Waals surface area (Å²) in [5.74, 6) is -1.92. The zero-order chi connectivity index (χ0) is 23.4. The van der Waals surface area contributed by atoms with E-state index in [2.05, 4.69) is 5.32 Å². The molecule has 0 saturated heterocycles. The molecule has 1 aromatic heterocycles. The number of aromatic carboxylic acids is 1. The van der Waals surface area contributed by atoms with Crippen molar-refractivity contribution < 1.29 is 27.9 Å². The number of rotatable bonds is 5. The molecule has 1 aromatic carbocycles. The van der Waals surface area contributed by atoms with Gasteiger partial charge >= 0.3 is 5.97 Å². The minimum Gasteiger partial charge on any atom is -0.478 e. The lowest BCUT2D eigenvalue weighted by atomic mass is 9.93. The Morgan fingerprint density at radius 2 is 1.97 bits per heavy atom. The lowest BCUT2D eigenvalue weighted by molar-refractivity contribution is -0.110. The normalized spacial score (nSPS) is 16.9. The van der Waals surface area contributed by atoms with Crippen LogP contribution in [0.15, 0.2) is 23.1 Å². The van der Waals surface area contributed by atoms with Crippen molar-refractivity contribution in [2.45, 2.75) is 37.6 Å². The number of nitrogens with zero attached hydrogens (tertiary/aromatic N) is 2. The minimum absolute atomic E-state index is 0.0162. The Balaban J connectivity index is 1.96. The molecule has 2 aromatic rings. The molecule has 0 radical (unpaired) electrons. The zero-order valence-corrected chi connectivity index (χ0v) is 18.7. The van der Waals surface area contributed by atoms with E-state index in [1.54, 1.807) is 4.57 Å². The van der Waals surface area contributed by atoms with Crippen LogP contribution in [0.5, 0.6) is 0 Å². The second kappa shape index (κ2) is 7.72. The van der Waals surface area contributed by atoms with Gasteiger partial charge in [-0.3, -0.25) is 9.59 Å². The third-order valence-electron chi connectivity index (χ3n) is 5.87. The first-order valence-electron chi connectivity index (χ1n) is 10.2. The highest BCUT2D eigenvalue weighted by atomic mass is 32.2. The lowest BCUT2D eigenvalue weighted by Gasteiger charge is -2.14. The topological polar surface area (TPSA) is 126 Å². The first-order chi connectivity index (χ1) is 15.1. The van der Waals surface area contributed by atoms with Gasteiger partial charge in [0.15, 0.2) is 5.78 Å². The number of aromatic nitrogens is 1. The number of fused-ring (bicyclic) bond motifs is 2. The molecule has 10 heteroatoms. The highest BCUT2D eigenvalue weighted by Crippen LogP contribution is 2.38. The van der Waals surface area contributed by atoms with Crippen LogP contribution in [0.25, 0.3) is 11.6 Å². The average molecular weight is 458 g/mol. The summed E-state index contributed by atoms with van der Waals surface area (Å²) < 4.78 is 28.0. The third kappa shape index (κ3) is 3.26. The largest absolute Gasteiger partial charge is 0.478 e. The van der Waals surface area contributed by atoms with Gasteiger partial charge in [0.2, 0.25) is 10.0 Å². The molecule has 168 valence electrons. The molecule has 1 aliphatic carbocycles. The summed E-state index contributed by atoms with van der Waals surface area (Å²) >= 11 is 0. The molecule has 9 nitrogen and oxygen atoms in total. The van der Waals surface area contributed by atoms with Crippen LogP contribution in [0.2, 0.25) is 0 Å². The van der Waals surface area contributed by atoms with Crippen LogP contribution in [0, 0.1) is 0 Å². The highest BCUT2D eigenvalue weighted by molar-refractivity contribution is 7.89. The summed E-state index contributed by atoms with van der Waals surface area (Å²) in [7, 11) is -0.905. The zero-order valence-electron chi connectivity index (χ0n) is 17.9. The molecule has 0 spiro atoms. The highest BCUT2D eigenvalue weighted by Gasteiger charge is 2.34. The molecular weight excluding hydrogens is 434 g/mol. The first kappa shape index (κ1) is 22.0. The molecule has 0 atom stereocenters. The fourth-order valence-corrected chi connectivity index (χ4v) is 5.26. The number of nitrogens with one attached hydrogen (secondary N) is 1. The number of hydrogen-bond donors (Lipinski definition) is 2. The minimum atomic E-state index is -3.73. The Morgan fingerprint density at radius 1 is 1.25 bits per heavy atom. The fourth-order valence-electron chi connectivity index (χ4n) is 4.34. The number of carboxylic acid groups (broad SMARTS) is 1. The van der Waals surface area contributed by atoms with Crippen molar-refractivity contribution in [2.75, 3.05) is 19.4 Å². The van der Waals surface area contributed by atoms with Crippen LogP contribution >= 0.6 is 0 Å². The van der Waals surface area contributed by atoms with E-state index >= 15 is 0 Å². The van der Waals surface area contributed by atoms with E-state index in [1.807, 2.05) is 6.92 Å². The van der Waals surface area contributed by atoms with Crippen LogP contribution in [0.3, 0.4) is 0 Å². The van der Waals surface area contributed by atoms with E-state index in [0.717, 1.165) is 4.31 Å². The van der Waals surface area contributed by atoms with Gasteiger partial charge in [0.25, 0.3) is 5.91 Å². The maximum atomic E-state index is 12.8. The van der Waals surface area contributed by atoms with Crippen molar-refractivity contribution >= 4 is 45.0 Å². The average Bonchev–Trinajstić information content (AvgIpc) is 3.22. The van der Waals surface area contributed by atoms with Crippen LogP contribution in [0.1, 0.15) is 57.4 Å². The van der Waals surface area contributed by atoms with E-state index in [9.17, 15) is 27.9 Å². The number of benzene rings is 1. The van der Waals surface area contributed by atoms with Gasteiger partial charge in [0.05, 0.1) is 27.3 Å². The maximum absolute atomic E-state index is 12.8. The van der Waals surface area contributed by atoms with Crippen molar-refractivity contribution in [2.24, 2.45) is 0 Å². The molecule has 0 bridgehead atoms. The number of carboxylic acids is 1. The molecular formula is C22H23N3O6S. The van der Waals surface area contributed by atoms with E-state index in [0.29, 0.717) is 36.3 Å². The van der Waals surface area contributed by atoms with E-state index in [-0.39, 0.29) is 39.5 Å². The van der Waals surface area contributed by atoms with Crippen molar-refractivity contribution in [1.82, 2.24) is 8.87 Å². The van der Waals surface area contributed by atoms with Gasteiger partial charge < -0.3 is 15.0 Å². The predicted octanol–water partition coefficient (Wildman–Crippen LogP) is 2.47. The number of ketones is 1. The molecule has 32 heavy (non-hydrogen) atoms. The molecule has 4 rings (SSSR count). The van der Waals surface area contributed by atoms with Crippen molar-refractivity contribution in [3.8, 4) is 0 Å². The Kier molecular flexibility index (Phi) is 5.30. The smallest absolute Gasteiger partial charge is 0.338 e. The summed E-state index contributed by atoms with van der Waals surface area (Å²) in [5.41, 5.74) is 1.97. The molecule has 1 aliphatic heterocycles. The monoisotopic (exact) mass is 457 g/mol. The summed E-state index contributed by atoms with van der Waals surface area (Å²) in [6, 6.07) is 4.32. The molecule has 2 heterocycles. The Morgan fingerprint density at radius 3 is 2.59 bits per heavy atom. The van der Waals surface area contributed by atoms with Crippen LogP contribution < -0.4 is 5.32 Å². The van der Waals surface area contributed by atoms with Crippen LogP contribution in [-0.4, -0.2) is 54.2 Å². The van der Waals surface area contributed by atoms with Gasteiger partial charge in [-0.25, -0.2) is 17.5 Å². The number of anilines is 1. The SMILES string of the molecule is CCn1c(/C=C2\C(=O)Nc3ccc(S(=O)(=O)N(C)C)cc32)c(C(=O)O)c2c1CCCC2=O. The quantitative estimate of drug-likeness (QED) is 0.665. The van der Waals surface area contributed by atoms with E-state index < -0.39 is 21.9 Å². The maximum Gasteiger partial charge on any atom is 0.338 e. The summed E-state index contributed by atoms with van der Waals surface area (Å²) in [5, 5.41) is 12.6. The first-order valence-corrected chi connectivity index (χ1v) is 11.6. The van der Waals surface area contributed by atoms with Crippen molar-refractivity contribution in [1.29, 1.82) is 0 Å². The molecule has 0 fully saturated rings. The molecule has 0 unspecified atom stereocenters. The molecule has 0 saturated carbocycles. The van der Waals surface area contributed by atoms with Crippen molar-refractivity contribution in [3.05, 3.63) is 46.3 Å². The van der Waals surface area contributed by atoms with Crippen LogP contribution in [-0.2, 0) is 27.8 Å². The molecule has 1 amide bonds. The van der Waals surface area contributed by atoms with Gasteiger partial charge in [0, 0.05) is 44.0 Å². The second-order valence-electron chi connectivity index (χ2n) is 7.92. The number of carbonyl (C=O) groups excluding carboxylic acids is 2. The lowest BCUT2D eigenvalue weighted by Crippen LogP contribution is -2.22. The van der Waals surface area contributed by atoms with Gasteiger partial charge in [-0.05, 0) is 44.0 Å². The molecule has 2 aliphatic rings. The molecule has 2 N–H and O–H groups in total. The van der Waals surface area contributed by atoms with Gasteiger partial charge in [-0.2, -0.15) is 0 Å². The Bertz CT molecular complexity index is 1320. The van der Waals surface area contributed by atoms with Crippen LogP contribution in [0.4, 0.5) is 5.69 Å². The summed E-state index contributed by atoms with van der Waals surface area (Å²) in [6.07, 6.45) is 2.95. The summed E-state index contributed by atoms with van der Waals surface area (Å²) in [4.78, 5) is 37.5. The summed E-state index contributed by atoms with van der Waals surface area (Å²) in [6.45, 7) is 2.27. The van der Waals surface area contributed by atoms with Gasteiger partial charge in [-0.1, -0.05) is 0 Å². The Labute approximate surface area is 185 Å². The second-order valence-corrected chi connectivity index (χ2v) is 10.1. The predicted molar refractivity (Wildman–Crippen MR) is 118 cm³/mol. The van der Waals surface area contributed by atoms with E-state index in [1.165, 1.54) is 38.4 Å². The fraction of sp³-hybridized carbons (Fsp3) is 0.318.